The normalized spacial score (nSPS) is 16.7. The van der Waals surface area contributed by atoms with Crippen molar-refractivity contribution in [2.75, 3.05) is 41.8 Å². The molecule has 1 aromatic carbocycles. The summed E-state index contributed by atoms with van der Waals surface area (Å²) in [6.45, 7) is 5.09. The lowest BCUT2D eigenvalue weighted by Gasteiger charge is -2.37. The van der Waals surface area contributed by atoms with Gasteiger partial charge in [0.25, 0.3) is 5.91 Å². The first-order chi connectivity index (χ1) is 20.0. The van der Waals surface area contributed by atoms with Gasteiger partial charge in [-0.15, -0.1) is 0 Å². The third kappa shape index (κ3) is 5.59. The van der Waals surface area contributed by atoms with Gasteiger partial charge in [-0.25, -0.2) is 14.8 Å². The summed E-state index contributed by atoms with van der Waals surface area (Å²) in [4.78, 5) is 43.9. The summed E-state index contributed by atoms with van der Waals surface area (Å²) in [5, 5.41) is 9.65. The predicted molar refractivity (Wildman–Crippen MR) is 154 cm³/mol. The van der Waals surface area contributed by atoms with E-state index in [-0.39, 0.29) is 18.0 Å². The first kappa shape index (κ1) is 26.4. The van der Waals surface area contributed by atoms with Gasteiger partial charge in [0, 0.05) is 55.4 Å². The predicted octanol–water partition coefficient (Wildman–Crippen LogP) is 3.34. The number of amides is 3. The highest BCUT2D eigenvalue weighted by Crippen LogP contribution is 2.32. The van der Waals surface area contributed by atoms with E-state index in [2.05, 4.69) is 32.5 Å². The molecule has 3 amide bonds. The molecule has 4 aromatic rings. The summed E-state index contributed by atoms with van der Waals surface area (Å²) in [5.74, 6) is 1.98. The van der Waals surface area contributed by atoms with E-state index in [1.54, 1.807) is 48.5 Å². The topological polar surface area (TPSA) is 130 Å². The van der Waals surface area contributed by atoms with Gasteiger partial charge < -0.3 is 19.9 Å². The smallest absolute Gasteiger partial charge is 0.324 e. The number of nitrogens with zero attached hydrogens (tertiary/aromatic N) is 7. The number of carbonyl (C=O) groups is 2. The standard InChI is InChI=1S/C29H31N9O3/c1-19-18-41-15-14-38(19)27-23-10-13-37(28(39)21-4-3-11-30-16-21)17-24(23)33-26(35-27)20-5-7-22(8-6-20)32-29(40)34-25-9-12-31-36(25)2/h3-9,11-12,16,19H,10,13-15,17-18H2,1-2H3,(H2,32,34,40). The summed E-state index contributed by atoms with van der Waals surface area (Å²) in [7, 11) is 1.75. The van der Waals surface area contributed by atoms with E-state index in [0.29, 0.717) is 55.6 Å². The molecular weight excluding hydrogens is 522 g/mol. The molecule has 1 unspecified atom stereocenters. The average molecular weight is 554 g/mol. The molecule has 0 spiro atoms. The zero-order valence-electron chi connectivity index (χ0n) is 22.9. The second-order valence-electron chi connectivity index (χ2n) is 10.1. The van der Waals surface area contributed by atoms with Gasteiger partial charge in [-0.05, 0) is 49.7 Å². The van der Waals surface area contributed by atoms with Crippen LogP contribution in [0.25, 0.3) is 11.4 Å². The highest BCUT2D eigenvalue weighted by atomic mass is 16.5. The van der Waals surface area contributed by atoms with Crippen molar-refractivity contribution in [2.45, 2.75) is 25.9 Å². The van der Waals surface area contributed by atoms with Crippen molar-refractivity contribution >= 4 is 29.3 Å². The number of carbonyl (C=O) groups excluding carboxylic acids is 2. The maximum absolute atomic E-state index is 13.2. The number of rotatable bonds is 5. The van der Waals surface area contributed by atoms with Crippen LogP contribution in [0.15, 0.2) is 61.1 Å². The van der Waals surface area contributed by atoms with Gasteiger partial charge in [-0.3, -0.25) is 19.8 Å². The molecule has 1 saturated heterocycles. The third-order valence-electron chi connectivity index (χ3n) is 7.34. The molecule has 5 heterocycles. The fourth-order valence-corrected chi connectivity index (χ4v) is 5.14. The summed E-state index contributed by atoms with van der Waals surface area (Å²) in [5.41, 5.74) is 3.90. The van der Waals surface area contributed by atoms with Crippen LogP contribution in [-0.2, 0) is 24.8 Å². The summed E-state index contributed by atoms with van der Waals surface area (Å²) >= 11 is 0. The zero-order valence-corrected chi connectivity index (χ0v) is 22.9. The van der Waals surface area contributed by atoms with Crippen molar-refractivity contribution in [3.63, 3.8) is 0 Å². The van der Waals surface area contributed by atoms with Gasteiger partial charge in [0.15, 0.2) is 5.82 Å². The van der Waals surface area contributed by atoms with Gasteiger partial charge in [0.1, 0.15) is 11.6 Å². The van der Waals surface area contributed by atoms with Gasteiger partial charge >= 0.3 is 6.03 Å². The fraction of sp³-hybridized carbons (Fsp3) is 0.310. The van der Waals surface area contributed by atoms with Gasteiger partial charge in [-0.1, -0.05) is 0 Å². The van der Waals surface area contributed by atoms with Crippen molar-refractivity contribution in [1.29, 1.82) is 0 Å². The number of nitrogens with one attached hydrogen (secondary N) is 2. The minimum atomic E-state index is -0.367. The first-order valence-electron chi connectivity index (χ1n) is 13.6. The Balaban J connectivity index is 1.28. The molecule has 12 heteroatoms. The molecule has 1 fully saturated rings. The number of urea groups is 1. The molecule has 41 heavy (non-hydrogen) atoms. The number of fused-ring (bicyclic) bond motifs is 1. The molecular formula is C29H31N9O3. The number of aromatic nitrogens is 5. The van der Waals surface area contributed by atoms with Crippen LogP contribution in [0.2, 0.25) is 0 Å². The molecule has 3 aromatic heterocycles. The average Bonchev–Trinajstić information content (AvgIpc) is 3.40. The van der Waals surface area contributed by atoms with E-state index < -0.39 is 0 Å². The molecule has 2 aliphatic heterocycles. The Bertz CT molecular complexity index is 1560. The minimum Gasteiger partial charge on any atom is -0.377 e. The summed E-state index contributed by atoms with van der Waals surface area (Å²) < 4.78 is 7.26. The second-order valence-corrected chi connectivity index (χ2v) is 10.1. The Kier molecular flexibility index (Phi) is 7.30. The number of hydrogen-bond donors (Lipinski definition) is 2. The van der Waals surface area contributed by atoms with E-state index in [9.17, 15) is 9.59 Å². The fourth-order valence-electron chi connectivity index (χ4n) is 5.14. The number of ether oxygens (including phenoxy) is 1. The van der Waals surface area contributed by atoms with E-state index in [4.69, 9.17) is 14.7 Å². The van der Waals surface area contributed by atoms with Crippen molar-refractivity contribution < 1.29 is 14.3 Å². The largest absolute Gasteiger partial charge is 0.377 e. The van der Waals surface area contributed by atoms with Crippen LogP contribution in [0.3, 0.4) is 0 Å². The lowest BCUT2D eigenvalue weighted by molar-refractivity contribution is 0.0731. The third-order valence-corrected chi connectivity index (χ3v) is 7.34. The molecule has 6 rings (SSSR count). The quantitative estimate of drug-likeness (QED) is 0.385. The molecule has 210 valence electrons. The van der Waals surface area contributed by atoms with E-state index in [0.717, 1.165) is 29.2 Å². The Hall–Kier alpha value is -4.84. The SMILES string of the molecule is CC1COCCN1c1nc(-c2ccc(NC(=O)Nc3ccnn3C)cc2)nc2c1CCN(C(=O)c1cccnc1)C2. The van der Waals surface area contributed by atoms with Gasteiger partial charge in [0.05, 0.1) is 43.3 Å². The number of anilines is 3. The summed E-state index contributed by atoms with van der Waals surface area (Å²) in [6, 6.07) is 12.5. The van der Waals surface area contributed by atoms with Gasteiger partial charge in [0.2, 0.25) is 0 Å². The van der Waals surface area contributed by atoms with Crippen molar-refractivity contribution in [2.24, 2.45) is 7.05 Å². The Morgan fingerprint density at radius 3 is 2.61 bits per heavy atom. The second kappa shape index (κ2) is 11.3. The van der Waals surface area contributed by atoms with Gasteiger partial charge in [-0.2, -0.15) is 5.10 Å². The Morgan fingerprint density at radius 2 is 1.88 bits per heavy atom. The number of benzene rings is 1. The van der Waals surface area contributed by atoms with Crippen LogP contribution in [-0.4, -0.2) is 73.9 Å². The zero-order chi connectivity index (χ0) is 28.3. The molecule has 2 N–H and O–H groups in total. The maximum atomic E-state index is 13.2. The van der Waals surface area contributed by atoms with Crippen LogP contribution in [0, 0.1) is 0 Å². The molecule has 1 atom stereocenters. The number of hydrogen-bond acceptors (Lipinski definition) is 8. The van der Waals surface area contributed by atoms with Crippen LogP contribution in [0.4, 0.5) is 22.1 Å². The maximum Gasteiger partial charge on any atom is 0.324 e. The number of pyridine rings is 1. The van der Waals surface area contributed by atoms with Crippen LogP contribution in [0.1, 0.15) is 28.5 Å². The van der Waals surface area contributed by atoms with E-state index >= 15 is 0 Å². The van der Waals surface area contributed by atoms with Crippen LogP contribution >= 0.6 is 0 Å². The van der Waals surface area contributed by atoms with Crippen LogP contribution in [0.5, 0.6) is 0 Å². The molecule has 2 aliphatic rings. The lowest BCUT2D eigenvalue weighted by Crippen LogP contribution is -2.45. The monoisotopic (exact) mass is 553 g/mol. The number of morpholine rings is 1. The number of aryl methyl sites for hydroxylation is 1. The highest BCUT2D eigenvalue weighted by Gasteiger charge is 2.30. The molecule has 0 bridgehead atoms. The molecule has 0 saturated carbocycles. The summed E-state index contributed by atoms with van der Waals surface area (Å²) in [6.07, 6.45) is 5.53. The van der Waals surface area contributed by atoms with Crippen molar-refractivity contribution in [3.8, 4) is 11.4 Å². The van der Waals surface area contributed by atoms with Crippen molar-refractivity contribution in [1.82, 2.24) is 29.6 Å². The van der Waals surface area contributed by atoms with Crippen LogP contribution < -0.4 is 15.5 Å². The lowest BCUT2D eigenvalue weighted by atomic mass is 10.0. The van der Waals surface area contributed by atoms with Crippen molar-refractivity contribution in [3.05, 3.63) is 77.9 Å². The molecule has 0 aliphatic carbocycles. The van der Waals surface area contributed by atoms with E-state index in [1.807, 2.05) is 29.2 Å². The Labute approximate surface area is 237 Å². The Morgan fingerprint density at radius 1 is 1.02 bits per heavy atom. The molecule has 12 nitrogen and oxygen atoms in total. The first-order valence-corrected chi connectivity index (χ1v) is 13.6. The minimum absolute atomic E-state index is 0.0648. The van der Waals surface area contributed by atoms with E-state index in [1.165, 1.54) is 0 Å². The highest BCUT2D eigenvalue weighted by molar-refractivity contribution is 5.99. The molecule has 0 radical (unpaired) electrons.